The number of methoxy groups -OCH3 is 1. The van der Waals surface area contributed by atoms with Gasteiger partial charge in [-0.1, -0.05) is 11.2 Å². The number of aromatic nitrogens is 1. The molecule has 2 rings (SSSR count). The predicted molar refractivity (Wildman–Crippen MR) is 95.0 cm³/mol. The number of hydrogen-bond donors (Lipinski definition) is 2. The lowest BCUT2D eigenvalue weighted by Crippen LogP contribution is -2.39. The van der Waals surface area contributed by atoms with Crippen molar-refractivity contribution in [2.75, 3.05) is 19.0 Å². The Kier molecular flexibility index (Phi) is 6.41. The van der Waals surface area contributed by atoms with Gasteiger partial charge in [0.1, 0.15) is 0 Å². The van der Waals surface area contributed by atoms with Gasteiger partial charge in [0.25, 0.3) is 0 Å². The molecule has 1 aromatic carbocycles. The lowest BCUT2D eigenvalue weighted by Gasteiger charge is -2.20. The van der Waals surface area contributed by atoms with Gasteiger partial charge in [-0.05, 0) is 45.4 Å². The van der Waals surface area contributed by atoms with Crippen molar-refractivity contribution >= 4 is 11.8 Å². The number of carbonyl (C=O) groups excluding carboxylic acids is 1. The van der Waals surface area contributed by atoms with Crippen molar-refractivity contribution in [3.8, 4) is 11.5 Å². The first-order valence-corrected chi connectivity index (χ1v) is 8.25. The van der Waals surface area contributed by atoms with Crippen LogP contribution in [0.3, 0.4) is 0 Å². The van der Waals surface area contributed by atoms with Gasteiger partial charge in [-0.3, -0.25) is 15.4 Å². The zero-order valence-corrected chi connectivity index (χ0v) is 15.3. The summed E-state index contributed by atoms with van der Waals surface area (Å²) < 4.78 is 15.9. The van der Waals surface area contributed by atoms with E-state index < -0.39 is 6.04 Å². The fourth-order valence-electron chi connectivity index (χ4n) is 2.43. The molecule has 7 nitrogen and oxygen atoms in total. The van der Waals surface area contributed by atoms with Gasteiger partial charge < -0.3 is 14.0 Å². The molecule has 0 fully saturated rings. The SMILES string of the molecule is CCOc1ccc([C@H](C)N[C@H](C)C(=O)Nc2cc(C)no2)cc1OC. The molecule has 2 aromatic rings. The molecule has 2 N–H and O–H groups in total. The van der Waals surface area contributed by atoms with Crippen LogP contribution in [0, 0.1) is 6.92 Å². The molecule has 2 atom stereocenters. The maximum atomic E-state index is 12.2. The van der Waals surface area contributed by atoms with E-state index in [4.69, 9.17) is 14.0 Å². The van der Waals surface area contributed by atoms with Gasteiger partial charge in [0, 0.05) is 12.1 Å². The van der Waals surface area contributed by atoms with Crippen LogP contribution in [0.2, 0.25) is 0 Å². The minimum atomic E-state index is -0.419. The van der Waals surface area contributed by atoms with Crippen LogP contribution in [-0.4, -0.2) is 30.8 Å². The van der Waals surface area contributed by atoms with E-state index >= 15 is 0 Å². The van der Waals surface area contributed by atoms with Crippen LogP contribution in [0.15, 0.2) is 28.8 Å². The van der Waals surface area contributed by atoms with Crippen LogP contribution in [0.25, 0.3) is 0 Å². The number of benzene rings is 1. The highest BCUT2D eigenvalue weighted by atomic mass is 16.5. The second-order valence-corrected chi connectivity index (χ2v) is 5.78. The van der Waals surface area contributed by atoms with E-state index in [1.165, 1.54) is 0 Å². The van der Waals surface area contributed by atoms with E-state index in [0.717, 1.165) is 5.56 Å². The Hall–Kier alpha value is -2.54. The summed E-state index contributed by atoms with van der Waals surface area (Å²) >= 11 is 0. The maximum Gasteiger partial charge on any atom is 0.243 e. The summed E-state index contributed by atoms with van der Waals surface area (Å²) in [6.45, 7) is 8.07. The molecule has 0 radical (unpaired) electrons. The summed E-state index contributed by atoms with van der Waals surface area (Å²) in [5, 5.41) is 9.69. The van der Waals surface area contributed by atoms with Crippen molar-refractivity contribution in [3.05, 3.63) is 35.5 Å². The topological polar surface area (TPSA) is 85.6 Å². The Morgan fingerprint density at radius 1 is 1.28 bits per heavy atom. The zero-order chi connectivity index (χ0) is 18.4. The smallest absolute Gasteiger partial charge is 0.243 e. The molecular formula is C18H25N3O4. The third-order valence-electron chi connectivity index (χ3n) is 3.76. The van der Waals surface area contributed by atoms with Crippen molar-refractivity contribution in [2.24, 2.45) is 0 Å². The van der Waals surface area contributed by atoms with Gasteiger partial charge in [-0.15, -0.1) is 0 Å². The van der Waals surface area contributed by atoms with E-state index in [2.05, 4.69) is 15.8 Å². The van der Waals surface area contributed by atoms with E-state index in [1.807, 2.05) is 32.0 Å². The summed E-state index contributed by atoms with van der Waals surface area (Å²) in [5.41, 5.74) is 1.71. The van der Waals surface area contributed by atoms with E-state index in [-0.39, 0.29) is 11.9 Å². The summed E-state index contributed by atoms with van der Waals surface area (Å²) in [7, 11) is 1.61. The highest BCUT2D eigenvalue weighted by Crippen LogP contribution is 2.30. The summed E-state index contributed by atoms with van der Waals surface area (Å²) in [4.78, 5) is 12.2. The number of nitrogens with zero attached hydrogens (tertiary/aromatic N) is 1. The first kappa shape index (κ1) is 18.8. The van der Waals surface area contributed by atoms with E-state index in [1.54, 1.807) is 27.0 Å². The lowest BCUT2D eigenvalue weighted by atomic mass is 10.1. The maximum absolute atomic E-state index is 12.2. The molecule has 0 bridgehead atoms. The molecule has 0 aliphatic heterocycles. The number of carbonyl (C=O) groups is 1. The van der Waals surface area contributed by atoms with Crippen molar-refractivity contribution in [1.82, 2.24) is 10.5 Å². The van der Waals surface area contributed by atoms with Crippen LogP contribution >= 0.6 is 0 Å². The number of hydrogen-bond acceptors (Lipinski definition) is 6. The minimum absolute atomic E-state index is 0.0539. The Labute approximate surface area is 147 Å². The van der Waals surface area contributed by atoms with Crippen LogP contribution in [0.1, 0.15) is 38.1 Å². The average molecular weight is 347 g/mol. The Balaban J connectivity index is 2.00. The molecule has 0 saturated carbocycles. The minimum Gasteiger partial charge on any atom is -0.493 e. The molecular weight excluding hydrogens is 322 g/mol. The fourth-order valence-corrected chi connectivity index (χ4v) is 2.43. The summed E-state index contributed by atoms with van der Waals surface area (Å²) in [6.07, 6.45) is 0. The van der Waals surface area contributed by atoms with Gasteiger partial charge in [-0.25, -0.2) is 0 Å². The fraction of sp³-hybridized carbons (Fsp3) is 0.444. The average Bonchev–Trinajstić information content (AvgIpc) is 3.00. The second-order valence-electron chi connectivity index (χ2n) is 5.78. The molecule has 1 amide bonds. The molecule has 0 saturated heterocycles. The number of ether oxygens (including phenoxy) is 2. The molecule has 1 aromatic heterocycles. The third-order valence-corrected chi connectivity index (χ3v) is 3.76. The van der Waals surface area contributed by atoms with Crippen molar-refractivity contribution in [2.45, 2.75) is 39.8 Å². The standard InChI is InChI=1S/C18H25N3O4/c1-6-24-15-8-7-14(10-16(15)23-5)12(3)19-13(4)18(22)20-17-9-11(2)21-25-17/h7-10,12-13,19H,6H2,1-5H3,(H,20,22)/t12-,13+/m0/s1. The highest BCUT2D eigenvalue weighted by Gasteiger charge is 2.18. The Bertz CT molecular complexity index is 714. The molecule has 0 aliphatic carbocycles. The van der Waals surface area contributed by atoms with Gasteiger partial charge >= 0.3 is 0 Å². The molecule has 7 heteroatoms. The Morgan fingerprint density at radius 2 is 2.04 bits per heavy atom. The van der Waals surface area contributed by atoms with Crippen LogP contribution < -0.4 is 20.1 Å². The number of aryl methyl sites for hydroxylation is 1. The van der Waals surface area contributed by atoms with Crippen molar-refractivity contribution in [3.63, 3.8) is 0 Å². The van der Waals surface area contributed by atoms with Gasteiger partial charge in [0.15, 0.2) is 11.5 Å². The first-order chi connectivity index (χ1) is 11.9. The lowest BCUT2D eigenvalue weighted by molar-refractivity contribution is -0.118. The highest BCUT2D eigenvalue weighted by molar-refractivity contribution is 5.93. The molecule has 1 heterocycles. The van der Waals surface area contributed by atoms with Crippen LogP contribution in [0.5, 0.6) is 11.5 Å². The number of amides is 1. The van der Waals surface area contributed by atoms with Gasteiger partial charge in [0.05, 0.1) is 25.5 Å². The van der Waals surface area contributed by atoms with Crippen molar-refractivity contribution in [1.29, 1.82) is 0 Å². The number of nitrogens with one attached hydrogen (secondary N) is 2. The summed E-state index contributed by atoms with van der Waals surface area (Å²) in [6, 6.07) is 6.94. The molecule has 0 spiro atoms. The Morgan fingerprint density at radius 3 is 2.64 bits per heavy atom. The zero-order valence-electron chi connectivity index (χ0n) is 15.3. The van der Waals surface area contributed by atoms with Crippen LogP contribution in [-0.2, 0) is 4.79 Å². The molecule has 0 aliphatic rings. The normalized spacial score (nSPS) is 13.2. The van der Waals surface area contributed by atoms with Crippen molar-refractivity contribution < 1.29 is 18.8 Å². The summed E-state index contributed by atoms with van der Waals surface area (Å²) in [5.74, 6) is 1.52. The first-order valence-electron chi connectivity index (χ1n) is 8.25. The van der Waals surface area contributed by atoms with Gasteiger partial charge in [-0.2, -0.15) is 0 Å². The van der Waals surface area contributed by atoms with Gasteiger partial charge in [0.2, 0.25) is 11.8 Å². The quantitative estimate of drug-likeness (QED) is 0.763. The monoisotopic (exact) mass is 347 g/mol. The molecule has 0 unspecified atom stereocenters. The third kappa shape index (κ3) is 4.96. The predicted octanol–water partition coefficient (Wildman–Crippen LogP) is 3.07. The molecule has 25 heavy (non-hydrogen) atoms. The molecule has 136 valence electrons. The van der Waals surface area contributed by atoms with E-state index in [0.29, 0.717) is 29.7 Å². The van der Waals surface area contributed by atoms with Crippen LogP contribution in [0.4, 0.5) is 5.88 Å². The largest absolute Gasteiger partial charge is 0.493 e. The number of rotatable bonds is 8. The number of anilines is 1. The second kappa shape index (κ2) is 8.53. The van der Waals surface area contributed by atoms with E-state index in [9.17, 15) is 4.79 Å².